The van der Waals surface area contributed by atoms with Gasteiger partial charge in [-0.2, -0.15) is 0 Å². The number of imidazole rings is 1. The zero-order valence-corrected chi connectivity index (χ0v) is 14.4. The van der Waals surface area contributed by atoms with Gasteiger partial charge in [-0.15, -0.1) is 0 Å². The highest BCUT2D eigenvalue weighted by Gasteiger charge is 2.10. The molecule has 1 heterocycles. The molecule has 4 rings (SSSR count). The summed E-state index contributed by atoms with van der Waals surface area (Å²) < 4.78 is 0. The Morgan fingerprint density at radius 3 is 2.58 bits per heavy atom. The lowest BCUT2D eigenvalue weighted by atomic mass is 10.1. The number of fused-ring (bicyclic) bond motifs is 1. The van der Waals surface area contributed by atoms with Crippen molar-refractivity contribution in [2.75, 3.05) is 11.1 Å². The van der Waals surface area contributed by atoms with Gasteiger partial charge in [0.05, 0.1) is 21.6 Å². The number of aromatic amines is 1. The number of nitrogens with two attached hydrogens (primary N) is 1. The van der Waals surface area contributed by atoms with Gasteiger partial charge in [-0.3, -0.25) is 4.79 Å². The van der Waals surface area contributed by atoms with E-state index in [9.17, 15) is 4.79 Å². The normalized spacial score (nSPS) is 10.8. The number of aromatic nitrogens is 2. The van der Waals surface area contributed by atoms with E-state index in [1.165, 1.54) is 0 Å². The number of nitrogens with zero attached hydrogens (tertiary/aromatic N) is 1. The maximum atomic E-state index is 12.3. The molecule has 1 amide bonds. The summed E-state index contributed by atoms with van der Waals surface area (Å²) >= 11 is 6.06. The Morgan fingerprint density at radius 1 is 1.04 bits per heavy atom. The molecule has 0 atom stereocenters. The summed E-state index contributed by atoms with van der Waals surface area (Å²) in [5, 5.41) is 3.26. The van der Waals surface area contributed by atoms with Crippen LogP contribution in [0.25, 0.3) is 22.4 Å². The lowest BCUT2D eigenvalue weighted by Gasteiger charge is -2.07. The average Bonchev–Trinajstić information content (AvgIpc) is 3.05. The molecule has 5 nitrogen and oxygen atoms in total. The topological polar surface area (TPSA) is 83.8 Å². The summed E-state index contributed by atoms with van der Waals surface area (Å²) in [6.45, 7) is 0. The van der Waals surface area contributed by atoms with E-state index in [-0.39, 0.29) is 5.91 Å². The fourth-order valence-corrected chi connectivity index (χ4v) is 2.94. The fourth-order valence-electron chi connectivity index (χ4n) is 2.72. The minimum Gasteiger partial charge on any atom is -0.399 e. The second-order valence-corrected chi connectivity index (χ2v) is 6.28. The van der Waals surface area contributed by atoms with Gasteiger partial charge in [-0.1, -0.05) is 23.7 Å². The van der Waals surface area contributed by atoms with Gasteiger partial charge in [0.2, 0.25) is 0 Å². The zero-order valence-electron chi connectivity index (χ0n) is 13.7. The Bertz CT molecular complexity index is 1100. The van der Waals surface area contributed by atoms with Crippen LogP contribution in [0.4, 0.5) is 11.4 Å². The molecule has 0 unspecified atom stereocenters. The van der Waals surface area contributed by atoms with E-state index in [1.807, 2.05) is 42.5 Å². The molecule has 1 aromatic heterocycles. The van der Waals surface area contributed by atoms with Gasteiger partial charge in [0.25, 0.3) is 5.91 Å². The predicted octanol–water partition coefficient (Wildman–Crippen LogP) is 4.72. The van der Waals surface area contributed by atoms with Crippen LogP contribution in [0.5, 0.6) is 0 Å². The number of carbonyl (C=O) groups excluding carboxylic acids is 1. The molecular formula is C20H15ClN4O. The number of hydrogen-bond donors (Lipinski definition) is 3. The highest BCUT2D eigenvalue weighted by atomic mass is 35.5. The van der Waals surface area contributed by atoms with E-state index >= 15 is 0 Å². The highest BCUT2D eigenvalue weighted by molar-refractivity contribution is 6.34. The summed E-state index contributed by atoms with van der Waals surface area (Å²) in [5.74, 6) is 0.497. The van der Waals surface area contributed by atoms with Gasteiger partial charge in [-0.25, -0.2) is 4.98 Å². The number of benzene rings is 3. The molecule has 6 heteroatoms. The summed E-state index contributed by atoms with van der Waals surface area (Å²) in [4.78, 5) is 20.1. The molecule has 0 aliphatic heterocycles. The first-order valence-corrected chi connectivity index (χ1v) is 8.39. The summed E-state index contributed by atoms with van der Waals surface area (Å²) in [7, 11) is 0. The maximum absolute atomic E-state index is 12.3. The van der Waals surface area contributed by atoms with Crippen LogP contribution in [-0.2, 0) is 0 Å². The Morgan fingerprint density at radius 2 is 1.81 bits per heavy atom. The lowest BCUT2D eigenvalue weighted by molar-refractivity contribution is 0.102. The molecule has 4 N–H and O–H groups in total. The summed E-state index contributed by atoms with van der Waals surface area (Å²) in [6, 6.07) is 19.9. The molecule has 0 aliphatic carbocycles. The first-order chi connectivity index (χ1) is 12.6. The monoisotopic (exact) mass is 362 g/mol. The largest absolute Gasteiger partial charge is 0.399 e. The fraction of sp³-hybridized carbons (Fsp3) is 0. The third-order valence-electron chi connectivity index (χ3n) is 4.04. The van der Waals surface area contributed by atoms with E-state index in [1.54, 1.807) is 24.3 Å². The number of anilines is 2. The number of rotatable bonds is 3. The van der Waals surface area contributed by atoms with E-state index in [0.29, 0.717) is 22.0 Å². The smallest absolute Gasteiger partial charge is 0.257 e. The number of nitrogens with one attached hydrogen (secondary N) is 2. The number of carbonyl (C=O) groups is 1. The Labute approximate surface area is 154 Å². The number of H-pyrrole nitrogens is 1. The standard InChI is InChI=1S/C20H15ClN4O/c21-16-4-2-1-3-15(16)20(26)23-14-8-5-12(6-9-14)19-24-17-10-7-13(22)11-18(17)25-19/h1-11H,22H2,(H,23,26)(H,24,25). The molecular weight excluding hydrogens is 348 g/mol. The van der Waals surface area contributed by atoms with Crippen LogP contribution in [0.3, 0.4) is 0 Å². The third-order valence-corrected chi connectivity index (χ3v) is 4.37. The van der Waals surface area contributed by atoms with Crippen LogP contribution < -0.4 is 11.1 Å². The van der Waals surface area contributed by atoms with Crippen LogP contribution >= 0.6 is 11.6 Å². The zero-order chi connectivity index (χ0) is 18.1. The average molecular weight is 363 g/mol. The van der Waals surface area contributed by atoms with Gasteiger partial charge in [0.15, 0.2) is 0 Å². The SMILES string of the molecule is Nc1ccc2nc(-c3ccc(NC(=O)c4ccccc4Cl)cc3)[nH]c2c1. The van der Waals surface area contributed by atoms with E-state index in [0.717, 1.165) is 22.4 Å². The van der Waals surface area contributed by atoms with Crippen molar-refractivity contribution in [2.24, 2.45) is 0 Å². The second-order valence-electron chi connectivity index (χ2n) is 5.87. The quantitative estimate of drug-likeness (QED) is 0.461. The Balaban J connectivity index is 1.56. The van der Waals surface area contributed by atoms with Crippen LogP contribution in [0.15, 0.2) is 66.7 Å². The molecule has 0 bridgehead atoms. The molecule has 0 radical (unpaired) electrons. The number of hydrogen-bond acceptors (Lipinski definition) is 3. The maximum Gasteiger partial charge on any atom is 0.257 e. The van der Waals surface area contributed by atoms with Gasteiger partial charge >= 0.3 is 0 Å². The Hall–Kier alpha value is -3.31. The molecule has 128 valence electrons. The van der Waals surface area contributed by atoms with E-state index in [2.05, 4.69) is 15.3 Å². The highest BCUT2D eigenvalue weighted by Crippen LogP contribution is 2.24. The molecule has 4 aromatic rings. The van der Waals surface area contributed by atoms with Gasteiger partial charge in [0, 0.05) is 16.9 Å². The van der Waals surface area contributed by atoms with E-state index in [4.69, 9.17) is 17.3 Å². The van der Waals surface area contributed by atoms with Crippen molar-refractivity contribution in [3.8, 4) is 11.4 Å². The summed E-state index contributed by atoms with van der Waals surface area (Å²) in [6.07, 6.45) is 0. The van der Waals surface area contributed by atoms with Crippen LogP contribution in [0.1, 0.15) is 10.4 Å². The molecule has 26 heavy (non-hydrogen) atoms. The van der Waals surface area contributed by atoms with Crippen molar-refractivity contribution in [2.45, 2.75) is 0 Å². The van der Waals surface area contributed by atoms with Crippen molar-refractivity contribution in [1.82, 2.24) is 9.97 Å². The van der Waals surface area contributed by atoms with Crippen molar-refractivity contribution >= 4 is 39.9 Å². The second kappa shape index (κ2) is 6.54. The van der Waals surface area contributed by atoms with Crippen LogP contribution in [0.2, 0.25) is 5.02 Å². The van der Waals surface area contributed by atoms with Crippen molar-refractivity contribution in [3.05, 3.63) is 77.3 Å². The molecule has 0 saturated carbocycles. The van der Waals surface area contributed by atoms with Crippen molar-refractivity contribution in [1.29, 1.82) is 0 Å². The van der Waals surface area contributed by atoms with Crippen LogP contribution in [0, 0.1) is 0 Å². The van der Waals surface area contributed by atoms with Crippen LogP contribution in [-0.4, -0.2) is 15.9 Å². The molecule has 0 fully saturated rings. The van der Waals surface area contributed by atoms with Crippen molar-refractivity contribution in [3.63, 3.8) is 0 Å². The third kappa shape index (κ3) is 3.12. The first kappa shape index (κ1) is 16.2. The lowest BCUT2D eigenvalue weighted by Crippen LogP contribution is -2.12. The van der Waals surface area contributed by atoms with E-state index < -0.39 is 0 Å². The minimum atomic E-state index is -0.248. The molecule has 0 spiro atoms. The summed E-state index contributed by atoms with van der Waals surface area (Å²) in [5.41, 5.74) is 10.3. The Kier molecular flexibility index (Phi) is 4.07. The van der Waals surface area contributed by atoms with Gasteiger partial charge in [0.1, 0.15) is 5.82 Å². The first-order valence-electron chi connectivity index (χ1n) is 8.02. The van der Waals surface area contributed by atoms with Gasteiger partial charge < -0.3 is 16.0 Å². The molecule has 0 aliphatic rings. The minimum absolute atomic E-state index is 0.248. The number of nitrogen functional groups attached to an aromatic ring is 1. The number of halogens is 1. The van der Waals surface area contributed by atoms with Crippen molar-refractivity contribution < 1.29 is 4.79 Å². The molecule has 0 saturated heterocycles. The molecule has 3 aromatic carbocycles. The van der Waals surface area contributed by atoms with Gasteiger partial charge in [-0.05, 0) is 54.6 Å². The number of amides is 1. The predicted molar refractivity (Wildman–Crippen MR) is 105 cm³/mol.